The summed E-state index contributed by atoms with van der Waals surface area (Å²) in [5, 5.41) is 21.1. The Balaban J connectivity index is 1.46. The van der Waals surface area contributed by atoms with E-state index in [1.165, 1.54) is 50.7 Å². The van der Waals surface area contributed by atoms with E-state index in [0.717, 1.165) is 42.9 Å². The summed E-state index contributed by atoms with van der Waals surface area (Å²) in [6.07, 6.45) is 5.24. The van der Waals surface area contributed by atoms with Crippen LogP contribution >= 0.6 is 11.3 Å². The summed E-state index contributed by atoms with van der Waals surface area (Å²) in [5.41, 5.74) is -1.16. The Morgan fingerprint density at radius 1 is 1.10 bits per heavy atom. The Morgan fingerprint density at radius 2 is 1.74 bits per heavy atom. The van der Waals surface area contributed by atoms with Gasteiger partial charge < -0.3 is 25.0 Å². The number of nitrogens with one attached hydrogen (secondary N) is 1. The van der Waals surface area contributed by atoms with Crippen LogP contribution in [0.2, 0.25) is 0 Å². The Bertz CT molecular complexity index is 1160. The monoisotopic (exact) mass is 571 g/mol. The van der Waals surface area contributed by atoms with Crippen molar-refractivity contribution in [2.45, 2.75) is 89.1 Å². The molecule has 216 valence electrons. The molecule has 2 aromatic rings. The van der Waals surface area contributed by atoms with Crippen LogP contribution in [0.1, 0.15) is 90.3 Å². The lowest BCUT2D eigenvalue weighted by atomic mass is 10.1. The molecule has 1 aliphatic heterocycles. The molecule has 1 aliphatic rings. The molecule has 39 heavy (non-hydrogen) atoms. The first-order valence-electron chi connectivity index (χ1n) is 13.2. The van der Waals surface area contributed by atoms with E-state index in [2.05, 4.69) is 17.2 Å². The van der Waals surface area contributed by atoms with Crippen LogP contribution in [-0.2, 0) is 9.47 Å². The predicted molar refractivity (Wildman–Crippen MR) is 140 cm³/mol. The molecule has 1 saturated heterocycles. The van der Waals surface area contributed by atoms with Gasteiger partial charge in [0.25, 0.3) is 5.91 Å². The number of unbranched alkanes of at least 4 members (excludes halogenated alkanes) is 8. The number of aliphatic hydroxyl groups is 2. The molecular weight excluding hydrogens is 536 g/mol. The molecule has 0 spiro atoms. The average Bonchev–Trinajstić information content (AvgIpc) is 3.49. The zero-order valence-corrected chi connectivity index (χ0v) is 22.6. The first-order chi connectivity index (χ1) is 18.7. The van der Waals surface area contributed by atoms with Crippen LogP contribution < -0.4 is 11.0 Å². The van der Waals surface area contributed by atoms with Gasteiger partial charge in [0.1, 0.15) is 16.8 Å². The zero-order valence-electron chi connectivity index (χ0n) is 21.8. The number of halogens is 2. The van der Waals surface area contributed by atoms with Crippen molar-refractivity contribution in [3.8, 4) is 0 Å². The van der Waals surface area contributed by atoms with Gasteiger partial charge in [-0.05, 0) is 24.6 Å². The number of alkyl halides is 2. The number of aromatic nitrogens is 2. The molecule has 2 aromatic heterocycles. The molecule has 0 unspecified atom stereocenters. The highest BCUT2D eigenvalue weighted by atomic mass is 32.1. The molecule has 13 heteroatoms. The lowest BCUT2D eigenvalue weighted by molar-refractivity contribution is -0.140. The Hall–Kier alpha value is -2.74. The minimum Gasteiger partial charge on any atom is -0.462 e. The average molecular weight is 572 g/mol. The topological polar surface area (TPSA) is 140 Å². The minimum absolute atomic E-state index is 0.163. The summed E-state index contributed by atoms with van der Waals surface area (Å²) in [6.45, 7) is 1.63. The molecule has 0 aliphatic carbocycles. The maximum Gasteiger partial charge on any atom is 0.351 e. The number of nitrogens with zero attached hydrogens (tertiary/aromatic N) is 2. The van der Waals surface area contributed by atoms with Crippen molar-refractivity contribution in [2.75, 3.05) is 18.5 Å². The van der Waals surface area contributed by atoms with Crippen molar-refractivity contribution in [1.82, 2.24) is 9.55 Å². The van der Waals surface area contributed by atoms with E-state index >= 15 is 0 Å². The van der Waals surface area contributed by atoms with E-state index in [0.29, 0.717) is 11.2 Å². The molecule has 3 rings (SSSR count). The summed E-state index contributed by atoms with van der Waals surface area (Å²) < 4.78 is 39.3. The highest BCUT2D eigenvalue weighted by Gasteiger charge is 2.59. The number of rotatable bonds is 15. The van der Waals surface area contributed by atoms with E-state index in [4.69, 9.17) is 14.6 Å². The highest BCUT2D eigenvalue weighted by Crippen LogP contribution is 2.42. The quantitative estimate of drug-likeness (QED) is 0.214. The summed E-state index contributed by atoms with van der Waals surface area (Å²) >= 11 is 0.912. The lowest BCUT2D eigenvalue weighted by Gasteiger charge is -2.21. The molecule has 0 saturated carbocycles. The normalized spacial score (nSPS) is 20.2. The number of amides is 1. The molecule has 0 bridgehead atoms. The Kier molecular flexibility index (Phi) is 11.5. The number of ether oxygens (including phenoxy) is 2. The fourth-order valence-corrected chi connectivity index (χ4v) is 4.97. The van der Waals surface area contributed by atoms with Gasteiger partial charge in [-0.15, -0.1) is 11.3 Å². The molecule has 0 aromatic carbocycles. The van der Waals surface area contributed by atoms with Crippen molar-refractivity contribution in [3.05, 3.63) is 44.6 Å². The first-order valence-corrected chi connectivity index (χ1v) is 14.0. The van der Waals surface area contributed by atoms with Crippen LogP contribution in [0, 0.1) is 0 Å². The van der Waals surface area contributed by atoms with Gasteiger partial charge in [-0.25, -0.2) is 9.59 Å². The molecule has 10 nitrogen and oxygen atoms in total. The van der Waals surface area contributed by atoms with Crippen LogP contribution in [0.5, 0.6) is 0 Å². The second-order valence-corrected chi connectivity index (χ2v) is 10.5. The van der Waals surface area contributed by atoms with Crippen molar-refractivity contribution in [1.29, 1.82) is 0 Å². The maximum absolute atomic E-state index is 14.3. The highest BCUT2D eigenvalue weighted by molar-refractivity contribution is 7.16. The third kappa shape index (κ3) is 8.13. The van der Waals surface area contributed by atoms with Gasteiger partial charge in [0.05, 0.1) is 18.1 Å². The number of esters is 1. The SMILES string of the molecule is CCCCCCCCCCCOC(=O)c1ccc(C(=O)Nc2ccn([C@@H]3O[C@H](CO)[C@@H](O)C3(F)F)c(=O)n2)s1. The zero-order chi connectivity index (χ0) is 28.4. The number of thiophene rings is 1. The summed E-state index contributed by atoms with van der Waals surface area (Å²) in [4.78, 5) is 41.2. The molecule has 0 radical (unpaired) electrons. The number of aliphatic hydroxyl groups excluding tert-OH is 2. The summed E-state index contributed by atoms with van der Waals surface area (Å²) in [7, 11) is 0. The van der Waals surface area contributed by atoms with E-state index in [1.54, 1.807) is 0 Å². The smallest absolute Gasteiger partial charge is 0.351 e. The second kappa shape index (κ2) is 14.6. The summed E-state index contributed by atoms with van der Waals surface area (Å²) in [5.74, 6) is -5.23. The van der Waals surface area contributed by atoms with Crippen LogP contribution in [0.15, 0.2) is 29.2 Å². The van der Waals surface area contributed by atoms with Gasteiger partial charge >= 0.3 is 17.6 Å². The summed E-state index contributed by atoms with van der Waals surface area (Å²) in [6, 6.07) is 4.01. The first kappa shape index (κ1) is 30.8. The fourth-order valence-electron chi connectivity index (χ4n) is 4.18. The van der Waals surface area contributed by atoms with E-state index in [9.17, 15) is 28.3 Å². The van der Waals surface area contributed by atoms with Gasteiger partial charge in [-0.1, -0.05) is 58.3 Å². The number of anilines is 1. The van der Waals surface area contributed by atoms with E-state index < -0.39 is 48.5 Å². The number of hydrogen-bond acceptors (Lipinski definition) is 9. The third-order valence-electron chi connectivity index (χ3n) is 6.40. The van der Waals surface area contributed by atoms with E-state index in [1.807, 2.05) is 0 Å². The third-order valence-corrected chi connectivity index (χ3v) is 7.46. The standard InChI is InChI=1S/C26H35F2N3O7S/c1-2-3-4-5-6-7-8-9-10-15-37-23(35)19-12-11-18(39-19)22(34)29-20-13-14-31(25(36)30-20)24-26(27,28)21(33)17(16-32)38-24/h11-14,17,21,24,32-33H,2-10,15-16H2,1H3,(H,29,30,34,36)/t17-,21-,24-/m1/s1. The minimum atomic E-state index is -3.85. The van der Waals surface area contributed by atoms with Crippen molar-refractivity contribution in [2.24, 2.45) is 0 Å². The number of hydrogen-bond donors (Lipinski definition) is 3. The largest absolute Gasteiger partial charge is 0.462 e. The van der Waals surface area contributed by atoms with Crippen molar-refractivity contribution >= 4 is 29.0 Å². The van der Waals surface area contributed by atoms with Gasteiger partial charge in [0.2, 0.25) is 6.23 Å². The molecule has 1 amide bonds. The lowest BCUT2D eigenvalue weighted by Crippen LogP contribution is -2.41. The molecule has 3 N–H and O–H groups in total. The molecule has 3 atom stereocenters. The number of carbonyl (C=O) groups excluding carboxylic acids is 2. The second-order valence-electron chi connectivity index (χ2n) is 9.41. The van der Waals surface area contributed by atoms with Gasteiger partial charge in [-0.2, -0.15) is 13.8 Å². The van der Waals surface area contributed by atoms with Crippen molar-refractivity contribution in [3.63, 3.8) is 0 Å². The molecule has 3 heterocycles. The van der Waals surface area contributed by atoms with E-state index in [-0.39, 0.29) is 15.6 Å². The molecule has 1 fully saturated rings. The Morgan fingerprint density at radius 3 is 2.36 bits per heavy atom. The predicted octanol–water partition coefficient (Wildman–Crippen LogP) is 4.13. The van der Waals surface area contributed by atoms with Gasteiger partial charge in [0.15, 0.2) is 6.10 Å². The van der Waals surface area contributed by atoms with Crippen LogP contribution in [0.3, 0.4) is 0 Å². The van der Waals surface area contributed by atoms with Gasteiger partial charge in [0, 0.05) is 6.20 Å². The number of carbonyl (C=O) groups is 2. The van der Waals surface area contributed by atoms with Crippen LogP contribution in [-0.4, -0.2) is 63.0 Å². The van der Waals surface area contributed by atoms with Crippen LogP contribution in [0.4, 0.5) is 14.6 Å². The fraction of sp³-hybridized carbons (Fsp3) is 0.615. The van der Waals surface area contributed by atoms with Crippen LogP contribution in [0.25, 0.3) is 0 Å². The van der Waals surface area contributed by atoms with Crippen molar-refractivity contribution < 1.29 is 38.1 Å². The molecular formula is C26H35F2N3O7S. The Labute approximate surface area is 229 Å². The maximum atomic E-state index is 14.3. The van der Waals surface area contributed by atoms with Gasteiger partial charge in [-0.3, -0.25) is 9.36 Å².